The zero-order valence-corrected chi connectivity index (χ0v) is 17.3. The van der Waals surface area contributed by atoms with E-state index in [9.17, 15) is 23.1 Å². The number of amides is 1. The lowest BCUT2D eigenvalue weighted by molar-refractivity contribution is -0.153. The summed E-state index contributed by atoms with van der Waals surface area (Å²) in [5, 5.41) is 12.3. The lowest BCUT2D eigenvalue weighted by Gasteiger charge is -2.27. The summed E-state index contributed by atoms with van der Waals surface area (Å²) < 4.78 is 44.7. The van der Waals surface area contributed by atoms with E-state index in [2.05, 4.69) is 10.3 Å². The Kier molecular flexibility index (Phi) is 6.36. The third-order valence-corrected chi connectivity index (χ3v) is 5.72. The molecule has 170 valence electrons. The Labute approximate surface area is 183 Å². The number of rotatable bonds is 6. The Bertz CT molecular complexity index is 1090. The maximum atomic E-state index is 12.8. The van der Waals surface area contributed by atoms with E-state index in [1.165, 1.54) is 6.07 Å². The first-order chi connectivity index (χ1) is 15.3. The molecule has 0 radical (unpaired) electrons. The van der Waals surface area contributed by atoms with Crippen LogP contribution < -0.4 is 10.1 Å². The van der Waals surface area contributed by atoms with Gasteiger partial charge in [0.25, 0.3) is 5.91 Å². The fraction of sp³-hybridized carbons (Fsp3) is 0.391. The third-order valence-electron chi connectivity index (χ3n) is 5.72. The number of carbonyl (C=O) groups excluding carboxylic acids is 1. The maximum absolute atomic E-state index is 12.8. The number of alkyl halides is 3. The number of hydrogen-bond acceptors (Lipinski definition) is 4. The van der Waals surface area contributed by atoms with Gasteiger partial charge in [-0.1, -0.05) is 18.2 Å². The second-order valence-corrected chi connectivity index (χ2v) is 8.05. The molecule has 0 spiro atoms. The lowest BCUT2D eigenvalue weighted by atomic mass is 9.86. The number of para-hydroxylation sites is 1. The van der Waals surface area contributed by atoms with Crippen LogP contribution in [0.25, 0.3) is 16.8 Å². The largest absolute Gasteiger partial charge is 0.483 e. The molecule has 6 nitrogen and oxygen atoms in total. The van der Waals surface area contributed by atoms with Crippen molar-refractivity contribution in [1.29, 1.82) is 0 Å². The minimum absolute atomic E-state index is 0.0334. The van der Waals surface area contributed by atoms with Gasteiger partial charge in [0.05, 0.1) is 0 Å². The lowest BCUT2D eigenvalue weighted by Crippen LogP contribution is -2.38. The fourth-order valence-corrected chi connectivity index (χ4v) is 4.06. The minimum atomic E-state index is -4.45. The van der Waals surface area contributed by atoms with E-state index in [0.29, 0.717) is 22.7 Å². The fourth-order valence-electron chi connectivity index (χ4n) is 4.06. The molecule has 0 bridgehead atoms. The van der Waals surface area contributed by atoms with Gasteiger partial charge in [-0.25, -0.2) is 4.98 Å². The van der Waals surface area contributed by atoms with E-state index in [0.717, 1.165) is 25.7 Å². The number of imidazole rings is 1. The van der Waals surface area contributed by atoms with Crippen LogP contribution >= 0.6 is 0 Å². The molecular weight excluding hydrogens is 423 g/mol. The normalized spacial score (nSPS) is 19.1. The smallest absolute Gasteiger partial charge is 0.422 e. The van der Waals surface area contributed by atoms with Crippen LogP contribution in [0.15, 0.2) is 48.8 Å². The number of halogens is 3. The molecule has 4 rings (SSSR count). The number of nitrogens with one attached hydrogen (secondary N) is 1. The summed E-state index contributed by atoms with van der Waals surface area (Å²) in [6, 6.07) is 9.95. The highest BCUT2D eigenvalue weighted by molar-refractivity contribution is 5.94. The van der Waals surface area contributed by atoms with Crippen LogP contribution in [0.4, 0.5) is 13.2 Å². The molecule has 1 fully saturated rings. The molecule has 1 aliphatic rings. The van der Waals surface area contributed by atoms with Crippen LogP contribution in [-0.4, -0.2) is 45.8 Å². The molecule has 1 amide bonds. The van der Waals surface area contributed by atoms with Crippen LogP contribution in [0.1, 0.15) is 36.2 Å². The van der Waals surface area contributed by atoms with Gasteiger partial charge in [-0.15, -0.1) is 0 Å². The molecule has 1 aliphatic carbocycles. The number of fused-ring (bicyclic) bond motifs is 1. The molecule has 1 saturated carbocycles. The zero-order chi connectivity index (χ0) is 22.7. The molecule has 9 heteroatoms. The van der Waals surface area contributed by atoms with Gasteiger partial charge in [0.15, 0.2) is 6.61 Å². The van der Waals surface area contributed by atoms with Crippen molar-refractivity contribution in [2.24, 2.45) is 5.92 Å². The monoisotopic (exact) mass is 447 g/mol. The van der Waals surface area contributed by atoms with Crippen molar-refractivity contribution in [3.8, 4) is 16.9 Å². The molecule has 1 aromatic carbocycles. The number of nitrogens with zero attached hydrogens (tertiary/aromatic N) is 2. The predicted octanol–water partition coefficient (Wildman–Crippen LogP) is 4.22. The summed E-state index contributed by atoms with van der Waals surface area (Å²) in [5.74, 6) is 0.0850. The van der Waals surface area contributed by atoms with E-state index in [4.69, 9.17) is 4.74 Å². The quantitative estimate of drug-likeness (QED) is 0.593. The van der Waals surface area contributed by atoms with Gasteiger partial charge >= 0.3 is 6.18 Å². The van der Waals surface area contributed by atoms with Crippen LogP contribution in [0.5, 0.6) is 5.75 Å². The van der Waals surface area contributed by atoms with Crippen LogP contribution in [0.3, 0.4) is 0 Å². The number of ether oxygens (including phenoxy) is 1. The first-order valence-electron chi connectivity index (χ1n) is 10.5. The topological polar surface area (TPSA) is 75.9 Å². The molecule has 2 heterocycles. The number of carbonyl (C=O) groups is 1. The number of pyridine rings is 1. The first kappa shape index (κ1) is 22.1. The number of aliphatic hydroxyl groups excluding tert-OH is 1. The number of hydrogen-bond donors (Lipinski definition) is 2. The van der Waals surface area contributed by atoms with Crippen LogP contribution in [0, 0.1) is 5.92 Å². The second kappa shape index (κ2) is 9.20. The molecule has 2 aromatic heterocycles. The number of aliphatic hydroxyl groups is 1. The maximum Gasteiger partial charge on any atom is 0.422 e. The molecule has 3 aromatic rings. The zero-order valence-electron chi connectivity index (χ0n) is 17.3. The van der Waals surface area contributed by atoms with Crippen molar-refractivity contribution in [2.75, 3.05) is 13.2 Å². The highest BCUT2D eigenvalue weighted by Gasteiger charge is 2.29. The van der Waals surface area contributed by atoms with Gasteiger partial charge in [0.1, 0.15) is 17.1 Å². The van der Waals surface area contributed by atoms with E-state index >= 15 is 0 Å². The van der Waals surface area contributed by atoms with Gasteiger partial charge in [-0.05, 0) is 49.8 Å². The van der Waals surface area contributed by atoms with Crippen molar-refractivity contribution in [3.05, 3.63) is 54.5 Å². The molecular formula is C23H24F3N3O3. The predicted molar refractivity (Wildman–Crippen MR) is 112 cm³/mol. The average Bonchev–Trinajstić information content (AvgIpc) is 3.23. The highest BCUT2D eigenvalue weighted by Crippen LogP contribution is 2.33. The summed E-state index contributed by atoms with van der Waals surface area (Å²) >= 11 is 0. The van der Waals surface area contributed by atoms with Crippen molar-refractivity contribution < 1.29 is 27.8 Å². The van der Waals surface area contributed by atoms with Crippen molar-refractivity contribution in [2.45, 2.75) is 37.9 Å². The average molecular weight is 447 g/mol. The molecule has 32 heavy (non-hydrogen) atoms. The molecule has 0 unspecified atom stereocenters. The molecule has 0 saturated heterocycles. The van der Waals surface area contributed by atoms with E-state index in [1.807, 2.05) is 0 Å². The summed E-state index contributed by atoms with van der Waals surface area (Å²) in [5.41, 5.74) is 1.70. The number of benzene rings is 1. The summed E-state index contributed by atoms with van der Waals surface area (Å²) in [7, 11) is 0. The van der Waals surface area contributed by atoms with Gasteiger partial charge < -0.3 is 19.6 Å². The van der Waals surface area contributed by atoms with Gasteiger partial charge in [-0.3, -0.25) is 4.79 Å². The molecule has 0 aliphatic heterocycles. The Hall–Kier alpha value is -3.07. The number of aromatic nitrogens is 2. The Morgan fingerprint density at radius 2 is 1.84 bits per heavy atom. The van der Waals surface area contributed by atoms with Gasteiger partial charge in [0, 0.05) is 36.2 Å². The standard InChI is InChI=1S/C23H24F3N3O3/c24-23(25,26)14-32-20-6-2-1-4-17(20)18-5-3-11-29-12-19(28-21(18)29)22(31)27-16-9-7-15(13-30)8-10-16/h1-6,11-12,15-16,30H,7-10,13-14H2,(H,27,31)/t15-,16-. The van der Waals surface area contributed by atoms with E-state index in [1.54, 1.807) is 47.1 Å². The first-order valence-corrected chi connectivity index (χ1v) is 10.5. The van der Waals surface area contributed by atoms with Gasteiger partial charge in [-0.2, -0.15) is 13.2 Å². The molecule has 2 N–H and O–H groups in total. The minimum Gasteiger partial charge on any atom is -0.483 e. The van der Waals surface area contributed by atoms with Gasteiger partial charge in [0.2, 0.25) is 0 Å². The highest BCUT2D eigenvalue weighted by atomic mass is 19.4. The summed E-state index contributed by atoms with van der Waals surface area (Å²) in [6.07, 6.45) is 2.23. The molecule has 0 atom stereocenters. The Morgan fingerprint density at radius 1 is 1.12 bits per heavy atom. The van der Waals surface area contributed by atoms with Crippen molar-refractivity contribution in [1.82, 2.24) is 14.7 Å². The second-order valence-electron chi connectivity index (χ2n) is 8.05. The Morgan fingerprint density at radius 3 is 2.56 bits per heavy atom. The van der Waals surface area contributed by atoms with Crippen LogP contribution in [0.2, 0.25) is 0 Å². The summed E-state index contributed by atoms with van der Waals surface area (Å²) in [4.78, 5) is 17.2. The summed E-state index contributed by atoms with van der Waals surface area (Å²) in [6.45, 7) is -1.22. The SMILES string of the molecule is O=C(N[C@H]1CC[C@H](CO)CC1)c1cn2cccc(-c3ccccc3OCC(F)(F)F)c2n1. The Balaban J connectivity index is 1.58. The van der Waals surface area contributed by atoms with E-state index in [-0.39, 0.29) is 30.0 Å². The van der Waals surface area contributed by atoms with Crippen molar-refractivity contribution in [3.63, 3.8) is 0 Å². The van der Waals surface area contributed by atoms with Crippen molar-refractivity contribution >= 4 is 11.6 Å². The third kappa shape index (κ3) is 5.04. The van der Waals surface area contributed by atoms with E-state index < -0.39 is 12.8 Å². The van der Waals surface area contributed by atoms with Crippen LogP contribution in [-0.2, 0) is 0 Å².